The molecule has 0 aliphatic carbocycles. The van der Waals surface area contributed by atoms with Gasteiger partial charge in [0.1, 0.15) is 11.5 Å². The Bertz CT molecular complexity index is 1300. The van der Waals surface area contributed by atoms with Crippen LogP contribution in [0.5, 0.6) is 0 Å². The SMILES string of the molecule is Cc1ccn2cc(CC(=O)Nc3ccc(S(=O)(=O)Nc4ccccn4)cc3)nc2c1. The van der Waals surface area contributed by atoms with Crippen molar-refractivity contribution in [3.8, 4) is 0 Å². The Balaban J connectivity index is 1.41. The molecule has 30 heavy (non-hydrogen) atoms. The summed E-state index contributed by atoms with van der Waals surface area (Å²) in [7, 11) is -3.76. The molecule has 1 aromatic carbocycles. The lowest BCUT2D eigenvalue weighted by molar-refractivity contribution is -0.115. The molecule has 0 unspecified atom stereocenters. The molecule has 4 rings (SSSR count). The molecule has 2 N–H and O–H groups in total. The van der Waals surface area contributed by atoms with E-state index in [2.05, 4.69) is 20.0 Å². The average molecular weight is 421 g/mol. The summed E-state index contributed by atoms with van der Waals surface area (Å²) in [6, 6.07) is 14.8. The Labute approximate surface area is 173 Å². The second-order valence-electron chi connectivity index (χ2n) is 6.77. The zero-order valence-electron chi connectivity index (χ0n) is 16.1. The van der Waals surface area contributed by atoms with Gasteiger partial charge >= 0.3 is 0 Å². The molecule has 3 aromatic heterocycles. The summed E-state index contributed by atoms with van der Waals surface area (Å²) in [6.07, 6.45) is 5.33. The highest BCUT2D eigenvalue weighted by molar-refractivity contribution is 7.92. The lowest BCUT2D eigenvalue weighted by Gasteiger charge is -2.08. The molecule has 0 bridgehead atoms. The van der Waals surface area contributed by atoms with Gasteiger partial charge in [-0.15, -0.1) is 0 Å². The van der Waals surface area contributed by atoms with E-state index >= 15 is 0 Å². The fraction of sp³-hybridized carbons (Fsp3) is 0.0952. The summed E-state index contributed by atoms with van der Waals surface area (Å²) >= 11 is 0. The Kier molecular flexibility index (Phi) is 5.20. The van der Waals surface area contributed by atoms with Crippen LogP contribution in [0.3, 0.4) is 0 Å². The summed E-state index contributed by atoms with van der Waals surface area (Å²) in [5.74, 6) is -0.00475. The fourth-order valence-corrected chi connectivity index (χ4v) is 3.94. The monoisotopic (exact) mass is 421 g/mol. The number of nitrogens with zero attached hydrogens (tertiary/aromatic N) is 3. The number of imidazole rings is 1. The van der Waals surface area contributed by atoms with Crippen LogP contribution in [0.2, 0.25) is 0 Å². The van der Waals surface area contributed by atoms with Gasteiger partial charge in [-0.1, -0.05) is 6.07 Å². The molecule has 0 aliphatic heterocycles. The quantitative estimate of drug-likeness (QED) is 0.498. The van der Waals surface area contributed by atoms with Crippen molar-refractivity contribution >= 4 is 33.1 Å². The first-order valence-corrected chi connectivity index (χ1v) is 10.7. The summed E-state index contributed by atoms with van der Waals surface area (Å²) in [5.41, 5.74) is 3.03. The molecular formula is C21H19N5O3S. The van der Waals surface area contributed by atoms with E-state index in [0.29, 0.717) is 11.4 Å². The number of anilines is 2. The van der Waals surface area contributed by atoms with E-state index in [9.17, 15) is 13.2 Å². The van der Waals surface area contributed by atoms with Crippen LogP contribution >= 0.6 is 0 Å². The lowest BCUT2D eigenvalue weighted by Crippen LogP contribution is -2.16. The Morgan fingerprint density at radius 2 is 1.90 bits per heavy atom. The van der Waals surface area contributed by atoms with E-state index in [1.54, 1.807) is 18.2 Å². The van der Waals surface area contributed by atoms with Crippen molar-refractivity contribution in [2.24, 2.45) is 0 Å². The largest absolute Gasteiger partial charge is 0.326 e. The molecule has 152 valence electrons. The predicted octanol–water partition coefficient (Wildman–Crippen LogP) is 3.02. The summed E-state index contributed by atoms with van der Waals surface area (Å²) in [6.45, 7) is 1.98. The van der Waals surface area contributed by atoms with Crippen molar-refractivity contribution in [2.75, 3.05) is 10.0 Å². The number of aromatic nitrogens is 3. The minimum absolute atomic E-state index is 0.0712. The van der Waals surface area contributed by atoms with Crippen molar-refractivity contribution in [3.05, 3.63) is 84.4 Å². The van der Waals surface area contributed by atoms with Gasteiger partial charge in [0.15, 0.2) is 0 Å². The number of hydrogen-bond acceptors (Lipinski definition) is 5. The van der Waals surface area contributed by atoms with Gasteiger partial charge in [0.05, 0.1) is 17.0 Å². The minimum atomic E-state index is -3.76. The molecule has 0 atom stereocenters. The Morgan fingerprint density at radius 1 is 1.10 bits per heavy atom. The molecule has 0 saturated carbocycles. The number of carbonyl (C=O) groups excluding carboxylic acids is 1. The highest BCUT2D eigenvalue weighted by atomic mass is 32.2. The van der Waals surface area contributed by atoms with Gasteiger partial charge in [-0.3, -0.25) is 9.52 Å². The van der Waals surface area contributed by atoms with Gasteiger partial charge in [0.25, 0.3) is 10.0 Å². The third-order valence-corrected chi connectivity index (χ3v) is 5.73. The molecule has 3 heterocycles. The first-order chi connectivity index (χ1) is 14.4. The Morgan fingerprint density at radius 3 is 2.63 bits per heavy atom. The molecule has 1 amide bonds. The first kappa shape index (κ1) is 19.6. The molecule has 9 heteroatoms. The topological polar surface area (TPSA) is 105 Å². The number of rotatable bonds is 6. The van der Waals surface area contributed by atoms with Crippen LogP contribution in [-0.4, -0.2) is 28.7 Å². The summed E-state index contributed by atoms with van der Waals surface area (Å²) in [4.78, 5) is 20.8. The van der Waals surface area contributed by atoms with Crippen LogP contribution in [0.25, 0.3) is 5.65 Å². The minimum Gasteiger partial charge on any atom is -0.326 e. The molecule has 4 aromatic rings. The van der Waals surface area contributed by atoms with E-state index in [1.807, 2.05) is 35.9 Å². The molecule has 0 spiro atoms. The predicted molar refractivity (Wildman–Crippen MR) is 114 cm³/mol. The number of benzene rings is 1. The average Bonchev–Trinajstić information content (AvgIpc) is 3.10. The zero-order chi connectivity index (χ0) is 21.1. The van der Waals surface area contributed by atoms with Crippen LogP contribution in [-0.2, 0) is 21.2 Å². The van der Waals surface area contributed by atoms with Gasteiger partial charge in [0.2, 0.25) is 5.91 Å². The number of aryl methyl sites for hydroxylation is 1. The van der Waals surface area contributed by atoms with Crippen molar-refractivity contribution in [2.45, 2.75) is 18.2 Å². The highest BCUT2D eigenvalue weighted by Crippen LogP contribution is 2.17. The van der Waals surface area contributed by atoms with Gasteiger partial charge in [-0.05, 0) is 61.0 Å². The maximum absolute atomic E-state index is 12.4. The van der Waals surface area contributed by atoms with Crippen LogP contribution in [0.1, 0.15) is 11.3 Å². The number of sulfonamides is 1. The zero-order valence-corrected chi connectivity index (χ0v) is 16.9. The molecule has 0 radical (unpaired) electrons. The van der Waals surface area contributed by atoms with Crippen molar-refractivity contribution in [1.29, 1.82) is 0 Å². The molecule has 0 fully saturated rings. The second-order valence-corrected chi connectivity index (χ2v) is 8.45. The first-order valence-electron chi connectivity index (χ1n) is 9.17. The van der Waals surface area contributed by atoms with Gasteiger partial charge < -0.3 is 9.72 Å². The Hall–Kier alpha value is -3.72. The van der Waals surface area contributed by atoms with Crippen molar-refractivity contribution in [1.82, 2.24) is 14.4 Å². The highest BCUT2D eigenvalue weighted by Gasteiger charge is 2.15. The molecular weight excluding hydrogens is 402 g/mol. The number of hydrogen-bond donors (Lipinski definition) is 2. The van der Waals surface area contributed by atoms with Gasteiger partial charge in [-0.25, -0.2) is 18.4 Å². The van der Waals surface area contributed by atoms with Crippen molar-refractivity contribution < 1.29 is 13.2 Å². The van der Waals surface area contributed by atoms with E-state index in [-0.39, 0.29) is 23.0 Å². The normalized spacial score (nSPS) is 11.4. The number of fused-ring (bicyclic) bond motifs is 1. The second kappa shape index (κ2) is 7.96. The van der Waals surface area contributed by atoms with E-state index in [1.165, 1.54) is 30.5 Å². The maximum atomic E-state index is 12.4. The third kappa shape index (κ3) is 4.47. The summed E-state index contributed by atoms with van der Waals surface area (Å²) in [5, 5.41) is 2.76. The number of carbonyl (C=O) groups is 1. The molecule has 0 saturated heterocycles. The smallest absolute Gasteiger partial charge is 0.263 e. The van der Waals surface area contributed by atoms with E-state index in [0.717, 1.165) is 11.2 Å². The lowest BCUT2D eigenvalue weighted by atomic mass is 10.3. The number of nitrogens with one attached hydrogen (secondary N) is 2. The van der Waals surface area contributed by atoms with E-state index < -0.39 is 10.0 Å². The molecule has 8 nitrogen and oxygen atoms in total. The van der Waals surface area contributed by atoms with E-state index in [4.69, 9.17) is 0 Å². The van der Waals surface area contributed by atoms with Crippen LogP contribution in [0, 0.1) is 6.92 Å². The number of pyridine rings is 2. The molecule has 0 aliphatic rings. The van der Waals surface area contributed by atoms with Crippen LogP contribution < -0.4 is 10.0 Å². The third-order valence-electron chi connectivity index (χ3n) is 4.36. The summed E-state index contributed by atoms with van der Waals surface area (Å²) < 4.78 is 29.1. The van der Waals surface area contributed by atoms with Crippen LogP contribution in [0.4, 0.5) is 11.5 Å². The maximum Gasteiger partial charge on any atom is 0.263 e. The fourth-order valence-electron chi connectivity index (χ4n) is 2.93. The number of amides is 1. The standard InChI is InChI=1S/C21H19N5O3S/c1-15-9-11-26-14-17(23-20(26)12-15)13-21(27)24-16-5-7-18(8-6-16)30(28,29)25-19-4-2-3-10-22-19/h2-12,14H,13H2,1H3,(H,22,25)(H,24,27). The van der Waals surface area contributed by atoms with Crippen LogP contribution in [0.15, 0.2) is 78.1 Å². The van der Waals surface area contributed by atoms with Gasteiger partial charge in [-0.2, -0.15) is 0 Å². The van der Waals surface area contributed by atoms with Crippen molar-refractivity contribution in [3.63, 3.8) is 0 Å². The van der Waals surface area contributed by atoms with Gasteiger partial charge in [0, 0.05) is 24.3 Å².